The van der Waals surface area contributed by atoms with Crippen LogP contribution in [0.2, 0.25) is 15.1 Å². The van der Waals surface area contributed by atoms with E-state index in [1.807, 2.05) is 6.92 Å². The Bertz CT molecular complexity index is 1200. The molecular weight excluding hydrogens is 545 g/mol. The van der Waals surface area contributed by atoms with E-state index in [0.717, 1.165) is 36.2 Å². The van der Waals surface area contributed by atoms with E-state index in [1.54, 1.807) is 30.3 Å². The van der Waals surface area contributed by atoms with Gasteiger partial charge in [0, 0.05) is 17.6 Å². The number of carbonyl (C=O) groups is 2. The Balaban J connectivity index is 1.96. The van der Waals surface area contributed by atoms with Crippen LogP contribution in [0.25, 0.3) is 0 Å². The zero-order valence-electron chi connectivity index (χ0n) is 20.2. The summed E-state index contributed by atoms with van der Waals surface area (Å²) in [6.45, 7) is 1.29. The first-order chi connectivity index (χ1) is 17.0. The second-order valence-corrected chi connectivity index (χ2v) is 12.0. The number of hydrogen-bond acceptors (Lipinski definition) is 4. The topological polar surface area (TPSA) is 86.8 Å². The Kier molecular flexibility index (Phi) is 9.92. The lowest BCUT2D eigenvalue weighted by Crippen LogP contribution is -2.53. The van der Waals surface area contributed by atoms with Crippen LogP contribution in [0.15, 0.2) is 42.5 Å². The number of amides is 2. The van der Waals surface area contributed by atoms with Crippen LogP contribution in [0.1, 0.15) is 44.6 Å². The van der Waals surface area contributed by atoms with Gasteiger partial charge >= 0.3 is 0 Å². The van der Waals surface area contributed by atoms with E-state index in [9.17, 15) is 18.0 Å². The molecule has 7 nitrogen and oxygen atoms in total. The van der Waals surface area contributed by atoms with Gasteiger partial charge in [-0.05, 0) is 43.0 Å². The number of anilines is 1. The molecule has 0 radical (unpaired) electrons. The molecule has 1 fully saturated rings. The summed E-state index contributed by atoms with van der Waals surface area (Å²) < 4.78 is 26.4. The van der Waals surface area contributed by atoms with Crippen LogP contribution >= 0.6 is 34.8 Å². The van der Waals surface area contributed by atoms with E-state index in [2.05, 4.69) is 5.32 Å². The number of nitrogens with zero attached hydrogens (tertiary/aromatic N) is 2. The minimum absolute atomic E-state index is 0.0149. The SMILES string of the molecule is CCC(C(=O)NC1CCCC1)N(Cc1ccccc1Cl)C(=O)CN(c1cccc(Cl)c1Cl)S(C)(=O)=O. The van der Waals surface area contributed by atoms with Crippen LogP contribution in [-0.4, -0.2) is 50.0 Å². The van der Waals surface area contributed by atoms with Crippen LogP contribution in [-0.2, 0) is 26.2 Å². The monoisotopic (exact) mass is 573 g/mol. The number of benzene rings is 2. The molecule has 1 atom stereocenters. The van der Waals surface area contributed by atoms with Crippen molar-refractivity contribution in [1.29, 1.82) is 0 Å². The number of sulfonamides is 1. The number of halogens is 3. The fraction of sp³-hybridized carbons (Fsp3) is 0.440. The largest absolute Gasteiger partial charge is 0.352 e. The Morgan fingerprint density at radius 3 is 2.28 bits per heavy atom. The third-order valence-corrected chi connectivity index (χ3v) is 8.57. The molecule has 0 aromatic heterocycles. The van der Waals surface area contributed by atoms with Crippen molar-refractivity contribution in [2.75, 3.05) is 17.1 Å². The van der Waals surface area contributed by atoms with E-state index >= 15 is 0 Å². The first-order valence-electron chi connectivity index (χ1n) is 11.8. The first kappa shape index (κ1) is 28.6. The standard InChI is InChI=1S/C25H30Cl3N3O4S/c1-3-21(25(33)29-18-10-5-6-11-18)30(15-17-9-4-7-12-19(17)26)23(32)16-31(36(2,34)35)22-14-8-13-20(27)24(22)28/h4,7-9,12-14,18,21H,3,5-6,10-11,15-16H2,1-2H3,(H,29,33). The first-order valence-corrected chi connectivity index (χ1v) is 14.8. The lowest BCUT2D eigenvalue weighted by atomic mass is 10.1. The maximum atomic E-state index is 13.7. The second-order valence-electron chi connectivity index (χ2n) is 8.87. The molecule has 0 spiro atoms. The summed E-state index contributed by atoms with van der Waals surface area (Å²) in [4.78, 5) is 28.4. The summed E-state index contributed by atoms with van der Waals surface area (Å²) in [5, 5.41) is 3.68. The normalized spacial score (nSPS) is 14.9. The van der Waals surface area contributed by atoms with Crippen molar-refractivity contribution in [2.45, 2.75) is 57.7 Å². The molecule has 11 heteroatoms. The van der Waals surface area contributed by atoms with Crippen molar-refractivity contribution < 1.29 is 18.0 Å². The molecule has 3 rings (SSSR count). The molecule has 1 unspecified atom stereocenters. The summed E-state index contributed by atoms with van der Waals surface area (Å²) in [5.74, 6) is -0.832. The fourth-order valence-electron chi connectivity index (χ4n) is 4.38. The molecule has 0 heterocycles. The molecule has 1 saturated carbocycles. The molecule has 196 valence electrons. The highest BCUT2D eigenvalue weighted by atomic mass is 35.5. The fourth-order valence-corrected chi connectivity index (χ4v) is 5.87. The van der Waals surface area contributed by atoms with Crippen LogP contribution in [0.5, 0.6) is 0 Å². The predicted molar refractivity (Wildman–Crippen MR) is 145 cm³/mol. The quantitative estimate of drug-likeness (QED) is 0.418. The highest BCUT2D eigenvalue weighted by molar-refractivity contribution is 7.92. The van der Waals surface area contributed by atoms with Gasteiger partial charge in [0.15, 0.2) is 0 Å². The third kappa shape index (κ3) is 7.06. The highest BCUT2D eigenvalue weighted by Crippen LogP contribution is 2.34. The van der Waals surface area contributed by atoms with Crippen molar-refractivity contribution >= 4 is 62.3 Å². The van der Waals surface area contributed by atoms with Gasteiger partial charge in [0.25, 0.3) is 0 Å². The molecule has 2 amide bonds. The zero-order valence-corrected chi connectivity index (χ0v) is 23.3. The Labute approximate surface area is 227 Å². The number of rotatable bonds is 10. The van der Waals surface area contributed by atoms with Gasteiger partial charge in [-0.25, -0.2) is 8.42 Å². The molecule has 36 heavy (non-hydrogen) atoms. The van der Waals surface area contributed by atoms with E-state index in [-0.39, 0.29) is 34.2 Å². The van der Waals surface area contributed by atoms with Gasteiger partial charge < -0.3 is 10.2 Å². The van der Waals surface area contributed by atoms with Gasteiger partial charge in [-0.3, -0.25) is 13.9 Å². The van der Waals surface area contributed by atoms with Gasteiger partial charge in [-0.1, -0.05) is 78.8 Å². The summed E-state index contributed by atoms with van der Waals surface area (Å²) in [6.07, 6.45) is 5.22. The Morgan fingerprint density at radius 1 is 1.03 bits per heavy atom. The maximum absolute atomic E-state index is 13.7. The molecule has 1 aliphatic rings. The predicted octanol–water partition coefficient (Wildman–Crippen LogP) is 5.28. The van der Waals surface area contributed by atoms with Gasteiger partial charge in [0.2, 0.25) is 21.8 Å². The number of carbonyl (C=O) groups excluding carboxylic acids is 2. The minimum atomic E-state index is -3.92. The van der Waals surface area contributed by atoms with Crippen molar-refractivity contribution in [3.8, 4) is 0 Å². The van der Waals surface area contributed by atoms with E-state index in [1.165, 1.54) is 17.0 Å². The molecule has 2 aromatic rings. The summed E-state index contributed by atoms with van der Waals surface area (Å²) in [6, 6.07) is 10.8. The second kappa shape index (κ2) is 12.5. The molecule has 2 aromatic carbocycles. The lowest BCUT2D eigenvalue weighted by molar-refractivity contribution is -0.140. The van der Waals surface area contributed by atoms with E-state index in [0.29, 0.717) is 17.0 Å². The minimum Gasteiger partial charge on any atom is -0.352 e. The maximum Gasteiger partial charge on any atom is 0.244 e. The van der Waals surface area contributed by atoms with E-state index < -0.39 is 28.5 Å². The molecule has 0 aliphatic heterocycles. The van der Waals surface area contributed by atoms with Crippen molar-refractivity contribution in [2.24, 2.45) is 0 Å². The number of hydrogen-bond donors (Lipinski definition) is 1. The van der Waals surface area contributed by atoms with Gasteiger partial charge in [-0.2, -0.15) is 0 Å². The highest BCUT2D eigenvalue weighted by Gasteiger charge is 2.33. The van der Waals surface area contributed by atoms with Crippen LogP contribution in [0.4, 0.5) is 5.69 Å². The molecule has 0 saturated heterocycles. The average molecular weight is 575 g/mol. The van der Waals surface area contributed by atoms with Crippen LogP contribution in [0.3, 0.4) is 0 Å². The Hall–Kier alpha value is -2.00. The summed E-state index contributed by atoms with van der Waals surface area (Å²) >= 11 is 18.8. The zero-order chi connectivity index (χ0) is 26.5. The number of nitrogens with one attached hydrogen (secondary N) is 1. The molecule has 0 bridgehead atoms. The van der Waals surface area contributed by atoms with Gasteiger partial charge in [-0.15, -0.1) is 0 Å². The van der Waals surface area contributed by atoms with E-state index in [4.69, 9.17) is 34.8 Å². The lowest BCUT2D eigenvalue weighted by Gasteiger charge is -2.33. The van der Waals surface area contributed by atoms with Crippen LogP contribution < -0.4 is 9.62 Å². The van der Waals surface area contributed by atoms with Gasteiger partial charge in [0.05, 0.1) is 22.0 Å². The molecular formula is C25H30Cl3N3O4S. The molecule has 1 N–H and O–H groups in total. The third-order valence-electron chi connectivity index (χ3n) is 6.27. The van der Waals surface area contributed by atoms with Gasteiger partial charge in [0.1, 0.15) is 12.6 Å². The average Bonchev–Trinajstić information content (AvgIpc) is 3.33. The summed E-state index contributed by atoms with van der Waals surface area (Å²) in [7, 11) is -3.92. The van der Waals surface area contributed by atoms with Crippen molar-refractivity contribution in [3.05, 3.63) is 63.1 Å². The summed E-state index contributed by atoms with van der Waals surface area (Å²) in [5.41, 5.74) is 0.729. The Morgan fingerprint density at radius 2 is 1.67 bits per heavy atom. The molecule has 1 aliphatic carbocycles. The smallest absolute Gasteiger partial charge is 0.244 e. The van der Waals surface area contributed by atoms with Crippen molar-refractivity contribution in [3.63, 3.8) is 0 Å². The van der Waals surface area contributed by atoms with Crippen LogP contribution in [0, 0.1) is 0 Å². The van der Waals surface area contributed by atoms with Crippen molar-refractivity contribution in [1.82, 2.24) is 10.2 Å².